The highest BCUT2D eigenvalue weighted by Gasteiger charge is 2.02. The molecule has 4 heteroatoms. The molecule has 1 aromatic heterocycles. The van der Waals surface area contributed by atoms with E-state index in [0.29, 0.717) is 13.1 Å². The number of guanidine groups is 1. The SMILES string of the molecule is CCNC(=NCc1cccc2ccccc12)NCc1ccccn1. The fourth-order valence-electron chi connectivity index (χ4n) is 2.61. The number of aliphatic imine (C=N–C) groups is 1. The smallest absolute Gasteiger partial charge is 0.191 e. The molecule has 0 spiro atoms. The second-order valence-corrected chi connectivity index (χ2v) is 5.51. The van der Waals surface area contributed by atoms with Crippen LogP contribution in [0.2, 0.25) is 0 Å². The van der Waals surface area contributed by atoms with E-state index in [-0.39, 0.29) is 0 Å². The first-order valence-electron chi connectivity index (χ1n) is 8.25. The number of nitrogens with one attached hydrogen (secondary N) is 2. The van der Waals surface area contributed by atoms with Crippen LogP contribution in [0.3, 0.4) is 0 Å². The van der Waals surface area contributed by atoms with Gasteiger partial charge in [0.2, 0.25) is 0 Å². The Hall–Kier alpha value is -2.88. The minimum absolute atomic E-state index is 0.638. The molecule has 0 saturated carbocycles. The third-order valence-electron chi connectivity index (χ3n) is 3.79. The first-order valence-corrected chi connectivity index (χ1v) is 8.25. The van der Waals surface area contributed by atoms with Gasteiger partial charge in [0.1, 0.15) is 0 Å². The van der Waals surface area contributed by atoms with Crippen molar-refractivity contribution in [3.8, 4) is 0 Å². The molecule has 0 amide bonds. The number of hydrogen-bond acceptors (Lipinski definition) is 2. The highest BCUT2D eigenvalue weighted by molar-refractivity contribution is 5.86. The van der Waals surface area contributed by atoms with E-state index in [1.54, 1.807) is 6.20 Å². The summed E-state index contributed by atoms with van der Waals surface area (Å²) >= 11 is 0. The highest BCUT2D eigenvalue weighted by Crippen LogP contribution is 2.19. The molecule has 0 aliphatic heterocycles. The van der Waals surface area contributed by atoms with Gasteiger partial charge in [-0.1, -0.05) is 48.5 Å². The maximum atomic E-state index is 4.72. The lowest BCUT2D eigenvalue weighted by atomic mass is 10.1. The van der Waals surface area contributed by atoms with Gasteiger partial charge in [-0.3, -0.25) is 4.98 Å². The average molecular weight is 318 g/mol. The van der Waals surface area contributed by atoms with Crippen molar-refractivity contribution in [3.63, 3.8) is 0 Å². The van der Waals surface area contributed by atoms with E-state index < -0.39 is 0 Å². The van der Waals surface area contributed by atoms with Crippen LogP contribution in [0.15, 0.2) is 71.9 Å². The molecule has 0 radical (unpaired) electrons. The van der Waals surface area contributed by atoms with Crippen molar-refractivity contribution in [1.82, 2.24) is 15.6 Å². The van der Waals surface area contributed by atoms with Crippen molar-refractivity contribution in [1.29, 1.82) is 0 Å². The van der Waals surface area contributed by atoms with Crippen LogP contribution in [0, 0.1) is 0 Å². The minimum atomic E-state index is 0.638. The molecule has 3 rings (SSSR count). The van der Waals surface area contributed by atoms with Gasteiger partial charge in [0.05, 0.1) is 18.8 Å². The fraction of sp³-hybridized carbons (Fsp3) is 0.200. The van der Waals surface area contributed by atoms with Crippen LogP contribution in [-0.4, -0.2) is 17.5 Å². The molecule has 2 N–H and O–H groups in total. The number of rotatable bonds is 5. The van der Waals surface area contributed by atoms with Crippen molar-refractivity contribution in [3.05, 3.63) is 78.1 Å². The molecule has 0 fully saturated rings. The maximum absolute atomic E-state index is 4.72. The van der Waals surface area contributed by atoms with Crippen LogP contribution in [0.4, 0.5) is 0 Å². The summed E-state index contributed by atoms with van der Waals surface area (Å²) in [6.45, 7) is 4.18. The Labute approximate surface area is 142 Å². The lowest BCUT2D eigenvalue weighted by Crippen LogP contribution is -2.37. The van der Waals surface area contributed by atoms with Crippen LogP contribution in [0.5, 0.6) is 0 Å². The molecule has 0 aliphatic rings. The molecule has 3 aromatic rings. The topological polar surface area (TPSA) is 49.3 Å². The van der Waals surface area contributed by atoms with Gasteiger partial charge in [-0.2, -0.15) is 0 Å². The van der Waals surface area contributed by atoms with Crippen LogP contribution in [0.25, 0.3) is 10.8 Å². The molecule has 0 atom stereocenters. The van der Waals surface area contributed by atoms with Crippen LogP contribution in [0.1, 0.15) is 18.2 Å². The normalized spacial score (nSPS) is 11.5. The summed E-state index contributed by atoms with van der Waals surface area (Å²) in [5.74, 6) is 0.802. The minimum Gasteiger partial charge on any atom is -0.357 e. The van der Waals surface area contributed by atoms with Crippen molar-refractivity contribution < 1.29 is 0 Å². The number of pyridine rings is 1. The molecule has 122 valence electrons. The average Bonchev–Trinajstić information content (AvgIpc) is 2.65. The molecule has 0 saturated heterocycles. The monoisotopic (exact) mass is 318 g/mol. The third kappa shape index (κ3) is 4.10. The second-order valence-electron chi connectivity index (χ2n) is 5.51. The van der Waals surface area contributed by atoms with Crippen LogP contribution < -0.4 is 10.6 Å². The van der Waals surface area contributed by atoms with E-state index in [4.69, 9.17) is 4.99 Å². The van der Waals surface area contributed by atoms with Crippen molar-refractivity contribution in [2.45, 2.75) is 20.0 Å². The predicted octanol–water partition coefficient (Wildman–Crippen LogP) is 3.49. The number of fused-ring (bicyclic) bond motifs is 1. The zero-order chi connectivity index (χ0) is 16.6. The van der Waals surface area contributed by atoms with E-state index >= 15 is 0 Å². The molecule has 2 aromatic carbocycles. The Morgan fingerprint density at radius 1 is 0.958 bits per heavy atom. The molecule has 1 heterocycles. The molecular weight excluding hydrogens is 296 g/mol. The van der Waals surface area contributed by atoms with Crippen molar-refractivity contribution >= 4 is 16.7 Å². The van der Waals surface area contributed by atoms with Gasteiger partial charge in [0.15, 0.2) is 5.96 Å². The Morgan fingerprint density at radius 3 is 2.62 bits per heavy atom. The van der Waals surface area contributed by atoms with Gasteiger partial charge >= 0.3 is 0 Å². The molecular formula is C20H22N4. The molecule has 0 bridgehead atoms. The first-order chi connectivity index (χ1) is 11.9. The standard InChI is InChI=1S/C20H22N4/c1-2-21-20(24-15-18-11-5-6-13-22-18)23-14-17-10-7-9-16-8-3-4-12-19(16)17/h3-13H,2,14-15H2,1H3,(H2,21,23,24). The number of aromatic nitrogens is 1. The predicted molar refractivity (Wildman–Crippen MR) is 99.8 cm³/mol. The zero-order valence-corrected chi connectivity index (χ0v) is 13.9. The van der Waals surface area contributed by atoms with Crippen LogP contribution in [-0.2, 0) is 13.1 Å². The summed E-state index contributed by atoms with van der Waals surface area (Å²) in [6, 6.07) is 20.7. The lowest BCUT2D eigenvalue weighted by molar-refractivity contribution is 0.800. The number of benzene rings is 2. The van der Waals surface area contributed by atoms with Gasteiger partial charge in [-0.25, -0.2) is 4.99 Å². The van der Waals surface area contributed by atoms with Gasteiger partial charge in [0, 0.05) is 12.7 Å². The van der Waals surface area contributed by atoms with Gasteiger partial charge in [-0.15, -0.1) is 0 Å². The molecule has 4 nitrogen and oxygen atoms in total. The Morgan fingerprint density at radius 2 is 1.79 bits per heavy atom. The summed E-state index contributed by atoms with van der Waals surface area (Å²) in [4.78, 5) is 9.04. The zero-order valence-electron chi connectivity index (χ0n) is 13.9. The Bertz CT molecular complexity index is 807. The number of hydrogen-bond donors (Lipinski definition) is 2. The molecule has 24 heavy (non-hydrogen) atoms. The Balaban J connectivity index is 1.73. The van der Waals surface area contributed by atoms with E-state index in [2.05, 4.69) is 65.0 Å². The summed E-state index contributed by atoms with van der Waals surface area (Å²) in [6.07, 6.45) is 1.80. The first kappa shape index (κ1) is 16.0. The van der Waals surface area contributed by atoms with Gasteiger partial charge in [0.25, 0.3) is 0 Å². The summed E-state index contributed by atoms with van der Waals surface area (Å²) in [7, 11) is 0. The van der Waals surface area contributed by atoms with E-state index in [0.717, 1.165) is 18.2 Å². The summed E-state index contributed by atoms with van der Waals surface area (Å²) in [5.41, 5.74) is 2.22. The van der Waals surface area contributed by atoms with Crippen molar-refractivity contribution in [2.75, 3.05) is 6.54 Å². The maximum Gasteiger partial charge on any atom is 0.191 e. The van der Waals surface area contributed by atoms with E-state index in [1.807, 2.05) is 18.2 Å². The molecule has 0 aliphatic carbocycles. The van der Waals surface area contributed by atoms with Crippen LogP contribution >= 0.6 is 0 Å². The third-order valence-corrected chi connectivity index (χ3v) is 3.79. The van der Waals surface area contributed by atoms with Crippen molar-refractivity contribution in [2.24, 2.45) is 4.99 Å². The van der Waals surface area contributed by atoms with Gasteiger partial charge in [-0.05, 0) is 35.4 Å². The van der Waals surface area contributed by atoms with E-state index in [9.17, 15) is 0 Å². The highest BCUT2D eigenvalue weighted by atomic mass is 15.2. The van der Waals surface area contributed by atoms with E-state index in [1.165, 1.54) is 16.3 Å². The van der Waals surface area contributed by atoms with Gasteiger partial charge < -0.3 is 10.6 Å². The summed E-state index contributed by atoms with van der Waals surface area (Å²) < 4.78 is 0. The lowest BCUT2D eigenvalue weighted by Gasteiger charge is -2.11. The largest absolute Gasteiger partial charge is 0.357 e. The summed E-state index contributed by atoms with van der Waals surface area (Å²) in [5, 5.41) is 9.11. The second kappa shape index (κ2) is 8.11. The number of nitrogens with zero attached hydrogens (tertiary/aromatic N) is 2. The quantitative estimate of drug-likeness (QED) is 0.559. The fourth-order valence-corrected chi connectivity index (χ4v) is 2.61. The molecule has 0 unspecified atom stereocenters. The Kier molecular flexibility index (Phi) is 5.40.